The predicted molar refractivity (Wildman–Crippen MR) is 106 cm³/mol. The van der Waals surface area contributed by atoms with Crippen LogP contribution in [-0.4, -0.2) is 48.7 Å². The van der Waals surface area contributed by atoms with E-state index in [9.17, 15) is 13.2 Å². The van der Waals surface area contributed by atoms with Crippen molar-refractivity contribution in [1.82, 2.24) is 29.5 Å². The highest BCUT2D eigenvalue weighted by Crippen LogP contribution is 2.31. The molecule has 166 valence electrons. The molecule has 1 aliphatic heterocycles. The van der Waals surface area contributed by atoms with E-state index in [1.165, 1.54) is 16.7 Å². The summed E-state index contributed by atoms with van der Waals surface area (Å²) in [5.74, 6) is 1.70. The summed E-state index contributed by atoms with van der Waals surface area (Å²) >= 11 is 0. The van der Waals surface area contributed by atoms with Gasteiger partial charge >= 0.3 is 6.18 Å². The zero-order valence-corrected chi connectivity index (χ0v) is 17.1. The molecule has 5 rings (SSSR count). The molecule has 4 aromatic rings. The van der Waals surface area contributed by atoms with Crippen LogP contribution in [0.3, 0.4) is 0 Å². The number of fused-ring (bicyclic) bond motifs is 1. The molecule has 12 heteroatoms. The fourth-order valence-corrected chi connectivity index (χ4v) is 3.68. The molecule has 0 N–H and O–H groups in total. The highest BCUT2D eigenvalue weighted by molar-refractivity contribution is 5.59. The Hall–Kier alpha value is -3.54. The third-order valence-corrected chi connectivity index (χ3v) is 5.10. The highest BCUT2D eigenvalue weighted by Gasteiger charge is 2.32. The fourth-order valence-electron chi connectivity index (χ4n) is 3.68. The van der Waals surface area contributed by atoms with Crippen LogP contribution in [-0.2, 0) is 10.9 Å². The van der Waals surface area contributed by atoms with Gasteiger partial charge in [0.2, 0.25) is 11.8 Å². The second-order valence-corrected chi connectivity index (χ2v) is 7.53. The quantitative estimate of drug-likeness (QED) is 0.473. The topological polar surface area (TPSA) is 94.5 Å². The standard InChI is InChI=1S/C20H18F3N7O2/c1-11-8-29(10-15(31-11)19-28-27-12(2)32-19)17-5-6-24-18(26-17)14-7-25-16-4-3-13(9-30(14)16)20(21,22)23/h3-7,9,11,15H,8,10H2,1-2H3/t11-,15-/m0/s1. The van der Waals surface area contributed by atoms with E-state index in [4.69, 9.17) is 9.15 Å². The number of pyridine rings is 1. The zero-order valence-electron chi connectivity index (χ0n) is 17.1. The summed E-state index contributed by atoms with van der Waals surface area (Å²) in [5.41, 5.74) is -0.0488. The first-order valence-electron chi connectivity index (χ1n) is 9.86. The van der Waals surface area contributed by atoms with E-state index in [1.807, 2.05) is 11.8 Å². The largest absolute Gasteiger partial charge is 0.423 e. The first-order valence-corrected chi connectivity index (χ1v) is 9.86. The van der Waals surface area contributed by atoms with Gasteiger partial charge in [-0.2, -0.15) is 13.2 Å². The van der Waals surface area contributed by atoms with Crippen molar-refractivity contribution in [2.45, 2.75) is 32.2 Å². The van der Waals surface area contributed by atoms with Gasteiger partial charge in [0.05, 0.1) is 24.4 Å². The zero-order chi connectivity index (χ0) is 22.5. The Morgan fingerprint density at radius 2 is 1.94 bits per heavy atom. The Bertz CT molecular complexity index is 1270. The Labute approximate surface area is 179 Å². The average molecular weight is 445 g/mol. The van der Waals surface area contributed by atoms with Crippen LogP contribution in [0.4, 0.5) is 19.0 Å². The van der Waals surface area contributed by atoms with Gasteiger partial charge < -0.3 is 14.1 Å². The number of imidazole rings is 1. The minimum absolute atomic E-state index is 0.135. The number of ether oxygens (including phenoxy) is 1. The van der Waals surface area contributed by atoms with Gasteiger partial charge in [-0.1, -0.05) is 0 Å². The van der Waals surface area contributed by atoms with Crippen molar-refractivity contribution in [2.24, 2.45) is 0 Å². The van der Waals surface area contributed by atoms with Gasteiger partial charge in [-0.15, -0.1) is 10.2 Å². The lowest BCUT2D eigenvalue weighted by Gasteiger charge is -2.36. The number of alkyl halides is 3. The Morgan fingerprint density at radius 1 is 1.09 bits per heavy atom. The number of hydrogen-bond donors (Lipinski definition) is 0. The molecule has 0 saturated carbocycles. The summed E-state index contributed by atoms with van der Waals surface area (Å²) in [6.07, 6.45) is -1.01. The predicted octanol–water partition coefficient (Wildman–Crippen LogP) is 3.47. The van der Waals surface area contributed by atoms with Crippen LogP contribution in [0.2, 0.25) is 0 Å². The number of aromatic nitrogens is 6. The molecule has 0 aromatic carbocycles. The van der Waals surface area contributed by atoms with Crippen LogP contribution in [0.25, 0.3) is 17.2 Å². The van der Waals surface area contributed by atoms with E-state index in [-0.39, 0.29) is 11.9 Å². The van der Waals surface area contributed by atoms with Crippen LogP contribution < -0.4 is 4.90 Å². The number of nitrogens with zero attached hydrogens (tertiary/aromatic N) is 7. The second kappa shape index (κ2) is 7.55. The van der Waals surface area contributed by atoms with Gasteiger partial charge in [-0.05, 0) is 25.1 Å². The van der Waals surface area contributed by atoms with Crippen LogP contribution in [0.15, 0.2) is 41.2 Å². The van der Waals surface area contributed by atoms with E-state index in [1.54, 1.807) is 19.2 Å². The smallest absolute Gasteiger partial charge is 0.417 e. The van der Waals surface area contributed by atoms with Gasteiger partial charge in [0.25, 0.3) is 0 Å². The summed E-state index contributed by atoms with van der Waals surface area (Å²) in [6, 6.07) is 4.05. The first kappa shape index (κ1) is 20.4. The van der Waals surface area contributed by atoms with Crippen LogP contribution in [0.1, 0.15) is 30.4 Å². The molecule has 0 aliphatic carbocycles. The van der Waals surface area contributed by atoms with Crippen molar-refractivity contribution >= 4 is 11.5 Å². The molecule has 4 aromatic heterocycles. The monoisotopic (exact) mass is 445 g/mol. The van der Waals surface area contributed by atoms with Crippen molar-refractivity contribution in [3.8, 4) is 11.5 Å². The number of hydrogen-bond acceptors (Lipinski definition) is 8. The lowest BCUT2D eigenvalue weighted by molar-refractivity contribution is -0.137. The summed E-state index contributed by atoms with van der Waals surface area (Å²) in [6.45, 7) is 4.62. The molecule has 32 heavy (non-hydrogen) atoms. The van der Waals surface area contributed by atoms with Gasteiger partial charge in [0.1, 0.15) is 17.2 Å². The Morgan fingerprint density at radius 3 is 2.69 bits per heavy atom. The number of aryl methyl sites for hydroxylation is 1. The molecular formula is C20H18F3N7O2. The third-order valence-electron chi connectivity index (χ3n) is 5.10. The minimum Gasteiger partial charge on any atom is -0.423 e. The molecule has 0 spiro atoms. The van der Waals surface area contributed by atoms with Gasteiger partial charge in [-0.3, -0.25) is 4.40 Å². The Kier molecular flexibility index (Phi) is 4.81. The Balaban J connectivity index is 1.48. The molecule has 2 atom stereocenters. The van der Waals surface area contributed by atoms with Crippen molar-refractivity contribution in [3.05, 3.63) is 54.1 Å². The van der Waals surface area contributed by atoms with Crippen LogP contribution in [0, 0.1) is 6.92 Å². The number of halogens is 3. The summed E-state index contributed by atoms with van der Waals surface area (Å²) < 4.78 is 52.3. The summed E-state index contributed by atoms with van der Waals surface area (Å²) in [4.78, 5) is 15.0. The van der Waals surface area contributed by atoms with Crippen LogP contribution in [0.5, 0.6) is 0 Å². The van der Waals surface area contributed by atoms with Crippen molar-refractivity contribution < 1.29 is 22.3 Å². The van der Waals surface area contributed by atoms with E-state index in [0.29, 0.717) is 42.0 Å². The van der Waals surface area contributed by atoms with Gasteiger partial charge in [-0.25, -0.2) is 15.0 Å². The SMILES string of the molecule is Cc1nnc([C@@H]2CN(c3ccnc(-c4cnc5ccc(C(F)(F)F)cn45)n3)C[C@H](C)O2)o1. The molecule has 9 nitrogen and oxygen atoms in total. The molecule has 0 bridgehead atoms. The molecule has 0 radical (unpaired) electrons. The minimum atomic E-state index is -4.47. The average Bonchev–Trinajstić information content (AvgIpc) is 3.38. The molecule has 1 fully saturated rings. The molecular weight excluding hydrogens is 427 g/mol. The van der Waals surface area contributed by atoms with Crippen molar-refractivity contribution in [2.75, 3.05) is 18.0 Å². The van der Waals surface area contributed by atoms with Gasteiger partial charge in [0.15, 0.2) is 11.9 Å². The molecule has 1 saturated heterocycles. The normalized spacial score (nSPS) is 19.6. The summed E-state index contributed by atoms with van der Waals surface area (Å²) in [5, 5.41) is 7.90. The molecule has 5 heterocycles. The maximum Gasteiger partial charge on any atom is 0.417 e. The first-order chi connectivity index (χ1) is 15.3. The summed E-state index contributed by atoms with van der Waals surface area (Å²) in [7, 11) is 0. The molecule has 0 amide bonds. The third kappa shape index (κ3) is 3.77. The number of rotatable bonds is 3. The molecule has 0 unspecified atom stereocenters. The number of morpholine rings is 1. The maximum absolute atomic E-state index is 13.2. The lowest BCUT2D eigenvalue weighted by Crippen LogP contribution is -2.43. The van der Waals surface area contributed by atoms with E-state index >= 15 is 0 Å². The van der Waals surface area contributed by atoms with Crippen molar-refractivity contribution in [1.29, 1.82) is 0 Å². The van der Waals surface area contributed by atoms with E-state index in [0.717, 1.165) is 12.3 Å². The number of anilines is 1. The maximum atomic E-state index is 13.2. The highest BCUT2D eigenvalue weighted by atomic mass is 19.4. The fraction of sp³-hybridized carbons (Fsp3) is 0.350. The van der Waals surface area contributed by atoms with Crippen LogP contribution >= 0.6 is 0 Å². The second-order valence-electron chi connectivity index (χ2n) is 7.53. The lowest BCUT2D eigenvalue weighted by atomic mass is 10.2. The van der Waals surface area contributed by atoms with Crippen molar-refractivity contribution in [3.63, 3.8) is 0 Å². The van der Waals surface area contributed by atoms with Gasteiger partial charge in [0, 0.05) is 25.9 Å². The van der Waals surface area contributed by atoms with E-state index in [2.05, 4.69) is 25.1 Å². The molecule has 1 aliphatic rings. The van der Waals surface area contributed by atoms with E-state index < -0.39 is 17.8 Å².